The van der Waals surface area contributed by atoms with Crippen LogP contribution in [0, 0.1) is 11.3 Å². The maximum absolute atomic E-state index is 13.3. The molecule has 12 heteroatoms. The van der Waals surface area contributed by atoms with Crippen molar-refractivity contribution < 1.29 is 30.9 Å². The van der Waals surface area contributed by atoms with E-state index in [-0.39, 0.29) is 17.2 Å². The van der Waals surface area contributed by atoms with Crippen LogP contribution in [0.5, 0.6) is 0 Å². The van der Waals surface area contributed by atoms with Crippen molar-refractivity contribution in [3.05, 3.63) is 29.3 Å². The third-order valence-electron chi connectivity index (χ3n) is 4.85. The van der Waals surface area contributed by atoms with Gasteiger partial charge in [-0.05, 0) is 50.7 Å². The number of nitrogens with zero attached hydrogens (tertiary/aromatic N) is 3. The first kappa shape index (κ1) is 24.0. The zero-order valence-corrected chi connectivity index (χ0v) is 18.0. The van der Waals surface area contributed by atoms with E-state index in [0.29, 0.717) is 18.9 Å². The summed E-state index contributed by atoms with van der Waals surface area (Å²) in [5.74, 6) is -0.754. The first-order chi connectivity index (χ1) is 13.7. The fourth-order valence-corrected chi connectivity index (χ4v) is 5.02. The van der Waals surface area contributed by atoms with Crippen LogP contribution >= 0.6 is 12.2 Å². The van der Waals surface area contributed by atoms with E-state index in [1.807, 2.05) is 0 Å². The molecular weight excluding hydrogens is 443 g/mol. The molecule has 0 aliphatic carbocycles. The van der Waals surface area contributed by atoms with Crippen LogP contribution < -0.4 is 4.90 Å². The van der Waals surface area contributed by atoms with E-state index < -0.39 is 44.2 Å². The van der Waals surface area contributed by atoms with Crippen LogP contribution in [0.4, 0.5) is 18.9 Å². The summed E-state index contributed by atoms with van der Waals surface area (Å²) < 4.78 is 73.8. The summed E-state index contributed by atoms with van der Waals surface area (Å²) in [6, 6.07) is 4.12. The molecule has 1 aliphatic heterocycles. The van der Waals surface area contributed by atoms with E-state index in [1.54, 1.807) is 6.92 Å². The van der Waals surface area contributed by atoms with Crippen molar-refractivity contribution in [2.45, 2.75) is 57.1 Å². The Morgan fingerprint density at radius 3 is 2.40 bits per heavy atom. The van der Waals surface area contributed by atoms with Crippen molar-refractivity contribution >= 4 is 39.0 Å². The predicted octanol–water partition coefficient (Wildman–Crippen LogP) is 3.69. The molecule has 1 N–H and O–H groups in total. The number of carbonyl (C=O) groups is 1. The van der Waals surface area contributed by atoms with Crippen LogP contribution in [-0.4, -0.2) is 39.8 Å². The number of anilines is 1. The number of amides is 1. The highest BCUT2D eigenvalue weighted by Gasteiger charge is 2.54. The number of unbranched alkanes of at least 4 members (excludes halogenated alkanes) is 1. The molecule has 1 aromatic rings. The third-order valence-corrected chi connectivity index (χ3v) is 6.36. The minimum Gasteiger partial charge on any atom is -0.315 e. The first-order valence-electron chi connectivity index (χ1n) is 8.93. The van der Waals surface area contributed by atoms with Crippen LogP contribution in [-0.2, 0) is 21.1 Å². The van der Waals surface area contributed by atoms with Gasteiger partial charge in [-0.3, -0.25) is 14.2 Å². The Kier molecular flexibility index (Phi) is 6.51. The third kappa shape index (κ3) is 4.28. The van der Waals surface area contributed by atoms with Gasteiger partial charge in [-0.15, -0.1) is 0 Å². The monoisotopic (exact) mass is 463 g/mol. The fourth-order valence-electron chi connectivity index (χ4n) is 3.31. The fraction of sp³-hybridized carbons (Fsp3) is 0.500. The summed E-state index contributed by atoms with van der Waals surface area (Å²) in [7, 11) is -4.66. The van der Waals surface area contributed by atoms with E-state index in [9.17, 15) is 30.9 Å². The molecule has 0 radical (unpaired) electrons. The molecule has 1 saturated heterocycles. The molecule has 0 saturated carbocycles. The minimum atomic E-state index is -4.85. The van der Waals surface area contributed by atoms with Crippen LogP contribution in [0.15, 0.2) is 18.2 Å². The second-order valence-corrected chi connectivity index (χ2v) is 9.24. The Bertz CT molecular complexity index is 1020. The molecule has 0 aromatic heterocycles. The van der Waals surface area contributed by atoms with Crippen molar-refractivity contribution in [1.29, 1.82) is 5.26 Å². The number of hydrogen-bond donors (Lipinski definition) is 1. The van der Waals surface area contributed by atoms with Gasteiger partial charge in [-0.2, -0.15) is 26.9 Å². The molecule has 1 heterocycles. The van der Waals surface area contributed by atoms with Crippen molar-refractivity contribution in [2.24, 2.45) is 0 Å². The van der Waals surface area contributed by atoms with Gasteiger partial charge >= 0.3 is 6.18 Å². The van der Waals surface area contributed by atoms with Gasteiger partial charge < -0.3 is 4.90 Å². The zero-order chi connectivity index (χ0) is 23.1. The van der Waals surface area contributed by atoms with E-state index >= 15 is 0 Å². The van der Waals surface area contributed by atoms with E-state index in [4.69, 9.17) is 17.5 Å². The van der Waals surface area contributed by atoms with E-state index in [2.05, 4.69) is 0 Å². The first-order valence-corrected chi connectivity index (χ1v) is 10.8. The summed E-state index contributed by atoms with van der Waals surface area (Å²) in [6.07, 6.45) is -3.86. The Morgan fingerprint density at radius 2 is 1.93 bits per heavy atom. The molecular formula is C18H20F3N3O4S2. The zero-order valence-electron chi connectivity index (χ0n) is 16.4. The van der Waals surface area contributed by atoms with E-state index in [0.717, 1.165) is 21.9 Å². The highest BCUT2D eigenvalue weighted by Crippen LogP contribution is 2.39. The topological polar surface area (TPSA) is 102 Å². The maximum Gasteiger partial charge on any atom is 0.417 e. The Morgan fingerprint density at radius 1 is 1.33 bits per heavy atom. The average Bonchev–Trinajstić information content (AvgIpc) is 2.79. The molecule has 30 heavy (non-hydrogen) atoms. The number of alkyl halides is 3. The SMILES string of the molecule is CCCCC(N1C(=S)N(c2ccc(C#N)c(C(F)(F)F)c2)C(=O)C1(C)C)S(=O)(=O)O. The minimum absolute atomic E-state index is 0.0266. The predicted molar refractivity (Wildman–Crippen MR) is 107 cm³/mol. The van der Waals surface area contributed by atoms with Gasteiger partial charge in [0.15, 0.2) is 10.5 Å². The molecule has 1 amide bonds. The van der Waals surface area contributed by atoms with Crippen LogP contribution in [0.2, 0.25) is 0 Å². The number of thiocarbonyl (C=S) groups is 1. The van der Waals surface area contributed by atoms with Gasteiger partial charge in [0, 0.05) is 0 Å². The molecule has 1 fully saturated rings. The van der Waals surface area contributed by atoms with Crippen LogP contribution in [0.25, 0.3) is 0 Å². The highest BCUT2D eigenvalue weighted by atomic mass is 32.2. The van der Waals surface area contributed by atoms with Crippen molar-refractivity contribution in [3.8, 4) is 6.07 Å². The molecule has 164 valence electrons. The molecule has 1 aliphatic rings. The molecule has 1 aromatic carbocycles. The lowest BCUT2D eigenvalue weighted by Crippen LogP contribution is -2.52. The number of carbonyl (C=O) groups excluding carboxylic acids is 1. The summed E-state index contributed by atoms with van der Waals surface area (Å²) >= 11 is 5.27. The number of nitriles is 1. The van der Waals surface area contributed by atoms with Crippen LogP contribution in [0.3, 0.4) is 0 Å². The van der Waals surface area contributed by atoms with Gasteiger partial charge in [0.2, 0.25) is 0 Å². The summed E-state index contributed by atoms with van der Waals surface area (Å²) in [4.78, 5) is 14.9. The normalized spacial score (nSPS) is 17.9. The van der Waals surface area contributed by atoms with Gasteiger partial charge in [0.05, 0.1) is 22.9 Å². The van der Waals surface area contributed by atoms with Crippen LogP contribution in [0.1, 0.15) is 51.2 Å². The van der Waals surface area contributed by atoms with Gasteiger partial charge in [0.25, 0.3) is 16.0 Å². The Labute approximate surface area is 177 Å². The maximum atomic E-state index is 13.3. The molecule has 7 nitrogen and oxygen atoms in total. The summed E-state index contributed by atoms with van der Waals surface area (Å²) in [5.41, 5.74) is -3.67. The molecule has 1 unspecified atom stereocenters. The van der Waals surface area contributed by atoms with Gasteiger partial charge in [-0.25, -0.2) is 0 Å². The Balaban J connectivity index is 2.62. The average molecular weight is 464 g/mol. The second-order valence-electron chi connectivity index (χ2n) is 7.30. The quantitative estimate of drug-likeness (QED) is 0.507. The molecule has 0 spiro atoms. The number of hydrogen-bond acceptors (Lipinski definition) is 5. The molecule has 2 rings (SSSR count). The number of rotatable bonds is 6. The summed E-state index contributed by atoms with van der Waals surface area (Å²) in [6.45, 7) is 4.56. The lowest BCUT2D eigenvalue weighted by molar-refractivity contribution is -0.137. The van der Waals surface area contributed by atoms with Crippen molar-refractivity contribution in [2.75, 3.05) is 4.90 Å². The van der Waals surface area contributed by atoms with Gasteiger partial charge in [-0.1, -0.05) is 19.8 Å². The smallest absolute Gasteiger partial charge is 0.315 e. The molecule has 1 atom stereocenters. The standard InChI is InChI=1S/C18H20F3N3O4S2/c1-4-5-6-14(30(26,27)28)24-16(29)23(15(25)17(24,2)3)12-8-7-11(10-22)13(9-12)18(19,20)21/h7-9,14H,4-6H2,1-3H3,(H,26,27,28). The largest absolute Gasteiger partial charge is 0.417 e. The number of benzene rings is 1. The van der Waals surface area contributed by atoms with Gasteiger partial charge in [0.1, 0.15) is 5.54 Å². The van der Waals surface area contributed by atoms with E-state index in [1.165, 1.54) is 19.9 Å². The molecule has 0 bridgehead atoms. The lowest BCUT2D eigenvalue weighted by atomic mass is 10.0. The summed E-state index contributed by atoms with van der Waals surface area (Å²) in [5, 5.41) is 7.07. The lowest BCUT2D eigenvalue weighted by Gasteiger charge is -2.35. The van der Waals surface area contributed by atoms with Crippen molar-refractivity contribution in [1.82, 2.24) is 4.90 Å². The number of halogens is 3. The second kappa shape index (κ2) is 8.13. The highest BCUT2D eigenvalue weighted by molar-refractivity contribution is 7.86. The van der Waals surface area contributed by atoms with Crippen molar-refractivity contribution in [3.63, 3.8) is 0 Å². The Hall–Kier alpha value is -2.23.